The molecule has 0 aromatic heterocycles. The summed E-state index contributed by atoms with van der Waals surface area (Å²) < 4.78 is 5.29. The van der Waals surface area contributed by atoms with Gasteiger partial charge in [-0.2, -0.15) is 0 Å². The molecule has 0 unspecified atom stereocenters. The maximum Gasteiger partial charge on any atom is 0.122 e. The molecule has 1 rings (SSSR count). The third-order valence-corrected chi connectivity index (χ3v) is 2.36. The Morgan fingerprint density at radius 1 is 1.33 bits per heavy atom. The fraction of sp³-hybridized carbons (Fsp3) is 0.500. The monoisotopic (exact) mass is 209 g/mol. The van der Waals surface area contributed by atoms with Crippen LogP contribution in [0.1, 0.15) is 11.1 Å². The first-order valence-corrected chi connectivity index (χ1v) is 5.08. The minimum absolute atomic E-state index is 0.0598. The van der Waals surface area contributed by atoms with Crippen molar-refractivity contribution in [2.45, 2.75) is 13.0 Å². The summed E-state index contributed by atoms with van der Waals surface area (Å²) >= 11 is 0. The predicted octanol–water partition coefficient (Wildman–Crippen LogP) is 1.29. The second kappa shape index (κ2) is 5.73. The van der Waals surface area contributed by atoms with E-state index in [9.17, 15) is 0 Å². The molecular weight excluding hydrogens is 190 g/mol. The lowest BCUT2D eigenvalue weighted by Crippen LogP contribution is -2.15. The van der Waals surface area contributed by atoms with Gasteiger partial charge >= 0.3 is 0 Å². The van der Waals surface area contributed by atoms with E-state index in [0.717, 1.165) is 24.3 Å². The molecule has 1 N–H and O–H groups in total. The fourth-order valence-corrected chi connectivity index (χ4v) is 1.44. The largest absolute Gasteiger partial charge is 0.496 e. The number of benzene rings is 1. The van der Waals surface area contributed by atoms with Crippen molar-refractivity contribution in [2.75, 3.05) is 27.7 Å². The lowest BCUT2D eigenvalue weighted by atomic mass is 10.1. The van der Waals surface area contributed by atoms with E-state index in [4.69, 9.17) is 9.84 Å². The standard InChI is InChI=1S/C12H19NO2/c1-13(2)7-6-11-5-4-10(9-14)8-12(11)15-3/h4-5,8,14H,6-7,9H2,1-3H3. The van der Waals surface area contributed by atoms with Crippen molar-refractivity contribution in [3.8, 4) is 5.75 Å². The summed E-state index contributed by atoms with van der Waals surface area (Å²) in [6.45, 7) is 1.05. The van der Waals surface area contributed by atoms with Gasteiger partial charge in [-0.1, -0.05) is 12.1 Å². The van der Waals surface area contributed by atoms with Crippen LogP contribution in [0.5, 0.6) is 5.75 Å². The van der Waals surface area contributed by atoms with E-state index < -0.39 is 0 Å². The van der Waals surface area contributed by atoms with Gasteiger partial charge in [-0.05, 0) is 37.7 Å². The minimum Gasteiger partial charge on any atom is -0.496 e. The van der Waals surface area contributed by atoms with Crippen LogP contribution in [0.3, 0.4) is 0 Å². The molecule has 1 aromatic carbocycles. The zero-order chi connectivity index (χ0) is 11.3. The van der Waals surface area contributed by atoms with Crippen molar-refractivity contribution in [1.29, 1.82) is 0 Å². The van der Waals surface area contributed by atoms with E-state index in [-0.39, 0.29) is 6.61 Å². The van der Waals surface area contributed by atoms with Crippen molar-refractivity contribution < 1.29 is 9.84 Å². The maximum absolute atomic E-state index is 9.00. The summed E-state index contributed by atoms with van der Waals surface area (Å²) in [6.07, 6.45) is 0.960. The Bertz CT molecular complexity index is 310. The molecule has 3 heteroatoms. The number of aliphatic hydroxyl groups excluding tert-OH is 1. The van der Waals surface area contributed by atoms with Gasteiger partial charge < -0.3 is 14.7 Å². The minimum atomic E-state index is 0.0598. The van der Waals surface area contributed by atoms with Gasteiger partial charge in [-0.15, -0.1) is 0 Å². The number of nitrogens with zero attached hydrogens (tertiary/aromatic N) is 1. The molecule has 84 valence electrons. The van der Waals surface area contributed by atoms with Crippen molar-refractivity contribution in [1.82, 2.24) is 4.90 Å². The normalized spacial score (nSPS) is 10.7. The molecule has 0 saturated heterocycles. The molecule has 15 heavy (non-hydrogen) atoms. The van der Waals surface area contributed by atoms with Crippen molar-refractivity contribution >= 4 is 0 Å². The van der Waals surface area contributed by atoms with E-state index in [1.807, 2.05) is 18.2 Å². The second-order valence-electron chi connectivity index (χ2n) is 3.86. The van der Waals surface area contributed by atoms with Gasteiger partial charge in [0, 0.05) is 6.54 Å². The zero-order valence-corrected chi connectivity index (χ0v) is 9.66. The van der Waals surface area contributed by atoms with Crippen LogP contribution in [0.2, 0.25) is 0 Å². The molecule has 0 aliphatic rings. The first-order valence-electron chi connectivity index (χ1n) is 5.08. The average Bonchev–Trinajstić information content (AvgIpc) is 2.25. The van der Waals surface area contributed by atoms with Crippen molar-refractivity contribution in [3.05, 3.63) is 29.3 Å². The number of hydrogen-bond donors (Lipinski definition) is 1. The van der Waals surface area contributed by atoms with Crippen LogP contribution < -0.4 is 4.74 Å². The quantitative estimate of drug-likeness (QED) is 0.793. The van der Waals surface area contributed by atoms with Crippen LogP contribution in [0.4, 0.5) is 0 Å². The summed E-state index contributed by atoms with van der Waals surface area (Å²) in [6, 6.07) is 5.85. The van der Waals surface area contributed by atoms with Crippen LogP contribution in [0.25, 0.3) is 0 Å². The predicted molar refractivity (Wildman–Crippen MR) is 61.2 cm³/mol. The van der Waals surface area contributed by atoms with Crippen LogP contribution >= 0.6 is 0 Å². The molecule has 0 atom stereocenters. The van der Waals surface area contributed by atoms with Crippen LogP contribution in [-0.4, -0.2) is 37.8 Å². The van der Waals surface area contributed by atoms with Gasteiger partial charge in [-0.3, -0.25) is 0 Å². The summed E-state index contributed by atoms with van der Waals surface area (Å²) in [5.41, 5.74) is 2.07. The van der Waals surface area contributed by atoms with E-state index >= 15 is 0 Å². The first-order chi connectivity index (χ1) is 7.17. The van der Waals surface area contributed by atoms with Gasteiger partial charge in [-0.25, -0.2) is 0 Å². The van der Waals surface area contributed by atoms with Gasteiger partial charge in [0.15, 0.2) is 0 Å². The number of aliphatic hydroxyl groups is 1. The Balaban J connectivity index is 2.78. The van der Waals surface area contributed by atoms with E-state index in [1.54, 1.807) is 7.11 Å². The molecule has 0 spiro atoms. The Morgan fingerprint density at radius 3 is 2.60 bits per heavy atom. The van der Waals surface area contributed by atoms with Crippen molar-refractivity contribution in [2.24, 2.45) is 0 Å². The van der Waals surface area contributed by atoms with Crippen LogP contribution in [0, 0.1) is 0 Å². The molecule has 0 bridgehead atoms. The number of likely N-dealkylation sites (N-methyl/N-ethyl adjacent to an activating group) is 1. The highest BCUT2D eigenvalue weighted by atomic mass is 16.5. The molecule has 0 aliphatic carbocycles. The first kappa shape index (κ1) is 12.0. The van der Waals surface area contributed by atoms with Gasteiger partial charge in [0.2, 0.25) is 0 Å². The number of ether oxygens (including phenoxy) is 1. The molecule has 3 nitrogen and oxygen atoms in total. The van der Waals surface area contributed by atoms with E-state index in [2.05, 4.69) is 19.0 Å². The number of methoxy groups -OCH3 is 1. The third kappa shape index (κ3) is 3.53. The lowest BCUT2D eigenvalue weighted by molar-refractivity contribution is 0.281. The average molecular weight is 209 g/mol. The van der Waals surface area contributed by atoms with Gasteiger partial charge in [0.1, 0.15) is 5.75 Å². The summed E-state index contributed by atoms with van der Waals surface area (Å²) in [5.74, 6) is 0.864. The van der Waals surface area contributed by atoms with Gasteiger partial charge in [0.25, 0.3) is 0 Å². The van der Waals surface area contributed by atoms with Crippen LogP contribution in [-0.2, 0) is 13.0 Å². The molecule has 1 aromatic rings. The Kier molecular flexibility index (Phi) is 4.59. The lowest BCUT2D eigenvalue weighted by Gasteiger charge is -2.13. The summed E-state index contributed by atoms with van der Waals surface area (Å²) in [4.78, 5) is 2.14. The molecular formula is C12H19NO2. The smallest absolute Gasteiger partial charge is 0.122 e. The van der Waals surface area contributed by atoms with E-state index in [0.29, 0.717) is 0 Å². The van der Waals surface area contributed by atoms with E-state index in [1.165, 1.54) is 5.56 Å². The molecule has 0 fully saturated rings. The number of rotatable bonds is 5. The summed E-state index contributed by atoms with van der Waals surface area (Å²) in [7, 11) is 5.76. The molecule has 0 amide bonds. The SMILES string of the molecule is COc1cc(CO)ccc1CCN(C)C. The Hall–Kier alpha value is -1.06. The zero-order valence-electron chi connectivity index (χ0n) is 9.66. The topological polar surface area (TPSA) is 32.7 Å². The highest BCUT2D eigenvalue weighted by Gasteiger charge is 2.04. The Morgan fingerprint density at radius 2 is 2.07 bits per heavy atom. The maximum atomic E-state index is 9.00. The Labute approximate surface area is 91.3 Å². The molecule has 0 heterocycles. The molecule has 0 saturated carbocycles. The highest BCUT2D eigenvalue weighted by molar-refractivity contribution is 5.37. The van der Waals surface area contributed by atoms with Gasteiger partial charge in [0.05, 0.1) is 13.7 Å². The fourth-order valence-electron chi connectivity index (χ4n) is 1.44. The third-order valence-electron chi connectivity index (χ3n) is 2.36. The van der Waals surface area contributed by atoms with Crippen LogP contribution in [0.15, 0.2) is 18.2 Å². The molecule has 0 radical (unpaired) electrons. The van der Waals surface area contributed by atoms with Crippen molar-refractivity contribution in [3.63, 3.8) is 0 Å². The highest BCUT2D eigenvalue weighted by Crippen LogP contribution is 2.20. The number of hydrogen-bond acceptors (Lipinski definition) is 3. The summed E-state index contributed by atoms with van der Waals surface area (Å²) in [5, 5.41) is 9.00. The second-order valence-corrected chi connectivity index (χ2v) is 3.86. The molecule has 0 aliphatic heterocycles.